The van der Waals surface area contributed by atoms with E-state index in [0.717, 1.165) is 25.7 Å². The Balaban J connectivity index is 1.69. The maximum Gasteiger partial charge on any atom is 0.246 e. The lowest BCUT2D eigenvalue weighted by Gasteiger charge is -2.29. The topological polar surface area (TPSA) is 125 Å². The van der Waals surface area contributed by atoms with Crippen LogP contribution in [0.5, 0.6) is 0 Å². The monoisotopic (exact) mass is 446 g/mol. The molecular weight excluding hydrogens is 412 g/mol. The van der Waals surface area contributed by atoms with Gasteiger partial charge in [-0.2, -0.15) is 0 Å². The summed E-state index contributed by atoms with van der Waals surface area (Å²) >= 11 is 0. The van der Waals surface area contributed by atoms with Crippen LogP contribution in [-0.4, -0.2) is 69.3 Å². The van der Waals surface area contributed by atoms with Crippen LogP contribution in [0.25, 0.3) is 0 Å². The minimum atomic E-state index is -0.858. The smallest absolute Gasteiger partial charge is 0.246 e. The molecule has 1 aromatic rings. The van der Waals surface area contributed by atoms with Crippen molar-refractivity contribution in [3.8, 4) is 0 Å². The molecule has 2 aliphatic heterocycles. The molecule has 0 saturated carbocycles. The number of unbranched alkanes of at least 4 members (excludes halogenated alkanes) is 2. The maximum absolute atomic E-state index is 13.5. The summed E-state index contributed by atoms with van der Waals surface area (Å²) < 4.78 is 1.78. The molecule has 0 aromatic carbocycles. The zero-order valence-electron chi connectivity index (χ0n) is 18.9. The second-order valence-electron chi connectivity index (χ2n) is 8.64. The third-order valence-electron chi connectivity index (χ3n) is 6.02. The average molecular weight is 447 g/mol. The van der Waals surface area contributed by atoms with E-state index in [9.17, 15) is 19.2 Å². The molecule has 3 rings (SSSR count). The van der Waals surface area contributed by atoms with Crippen LogP contribution in [0.15, 0.2) is 12.5 Å². The first-order valence-electron chi connectivity index (χ1n) is 11.5. The summed E-state index contributed by atoms with van der Waals surface area (Å²) in [5.41, 5.74) is 0.668. The highest BCUT2D eigenvalue weighted by molar-refractivity contribution is 5.95. The molecule has 0 unspecified atom stereocenters. The van der Waals surface area contributed by atoms with Crippen molar-refractivity contribution in [2.45, 2.75) is 76.4 Å². The summed E-state index contributed by atoms with van der Waals surface area (Å²) in [6, 6.07) is -2.03. The Kier molecular flexibility index (Phi) is 8.24. The molecule has 4 amide bonds. The zero-order chi connectivity index (χ0) is 23.1. The Labute approximate surface area is 188 Å². The summed E-state index contributed by atoms with van der Waals surface area (Å²) in [5, 5.41) is 8.39. The highest BCUT2D eigenvalue weighted by atomic mass is 16.2. The zero-order valence-corrected chi connectivity index (χ0v) is 18.9. The third kappa shape index (κ3) is 6.08. The Hall–Kier alpha value is -2.91. The van der Waals surface area contributed by atoms with E-state index in [-0.39, 0.29) is 30.0 Å². The Morgan fingerprint density at radius 2 is 2.06 bits per heavy atom. The van der Waals surface area contributed by atoms with Crippen LogP contribution in [0.1, 0.15) is 57.6 Å². The van der Waals surface area contributed by atoms with Gasteiger partial charge in [0.1, 0.15) is 18.1 Å². The van der Waals surface area contributed by atoms with E-state index in [1.165, 1.54) is 0 Å². The lowest BCUT2D eigenvalue weighted by atomic mass is 10.1. The number of aryl methyl sites for hydroxylation is 1. The van der Waals surface area contributed by atoms with Gasteiger partial charge in [-0.3, -0.25) is 19.2 Å². The second-order valence-corrected chi connectivity index (χ2v) is 8.64. The van der Waals surface area contributed by atoms with Gasteiger partial charge in [0.25, 0.3) is 0 Å². The van der Waals surface area contributed by atoms with Gasteiger partial charge in [-0.1, -0.05) is 19.8 Å². The van der Waals surface area contributed by atoms with Crippen LogP contribution in [0.4, 0.5) is 0 Å². The molecule has 0 aliphatic carbocycles. The molecule has 0 bridgehead atoms. The van der Waals surface area contributed by atoms with Crippen molar-refractivity contribution >= 4 is 23.6 Å². The number of hydrogen-bond acceptors (Lipinski definition) is 5. The SMILES string of the molecule is CCCCCNC(=O)[C@@H]1CCCN1C(=O)[C@H](Cc1cn(C)cn1)NC(=O)[C@@H]1CCC(=O)N1. The summed E-state index contributed by atoms with van der Waals surface area (Å²) in [7, 11) is 1.83. The number of aromatic nitrogens is 2. The number of carbonyl (C=O) groups is 4. The maximum atomic E-state index is 13.5. The predicted octanol–water partition coefficient (Wildman–Crippen LogP) is 0.0234. The van der Waals surface area contributed by atoms with E-state index < -0.39 is 18.1 Å². The fourth-order valence-corrected chi connectivity index (χ4v) is 4.27. The Bertz CT molecular complexity index is 838. The molecule has 0 radical (unpaired) electrons. The summed E-state index contributed by atoms with van der Waals surface area (Å²) in [4.78, 5) is 56.3. The van der Waals surface area contributed by atoms with Gasteiger partial charge in [0.05, 0.1) is 12.0 Å². The molecular formula is C22H34N6O4. The first-order chi connectivity index (χ1) is 15.4. The third-order valence-corrected chi connectivity index (χ3v) is 6.02. The van der Waals surface area contributed by atoms with Gasteiger partial charge in [0.15, 0.2) is 0 Å². The standard InChI is InChI=1S/C22H34N6O4/c1-3-4-5-10-23-21(31)18-7-6-11-28(18)22(32)17(12-15-13-27(2)14-24-15)26-20(30)16-8-9-19(29)25-16/h13-14,16-18H,3-12H2,1-2H3,(H,23,31)(H,25,29)(H,26,30)/t16-,17-,18-/m0/s1. The first kappa shape index (κ1) is 23.7. The van der Waals surface area contributed by atoms with E-state index in [2.05, 4.69) is 27.9 Å². The molecule has 176 valence electrons. The van der Waals surface area contributed by atoms with Crippen molar-refractivity contribution in [2.24, 2.45) is 7.05 Å². The molecule has 32 heavy (non-hydrogen) atoms. The van der Waals surface area contributed by atoms with Gasteiger partial charge in [-0.25, -0.2) is 4.98 Å². The molecule has 3 heterocycles. The molecule has 0 spiro atoms. The van der Waals surface area contributed by atoms with Crippen molar-refractivity contribution in [3.05, 3.63) is 18.2 Å². The molecule has 3 atom stereocenters. The van der Waals surface area contributed by atoms with E-state index in [1.54, 1.807) is 22.0 Å². The number of likely N-dealkylation sites (tertiary alicyclic amines) is 1. The van der Waals surface area contributed by atoms with Crippen molar-refractivity contribution < 1.29 is 19.2 Å². The second kappa shape index (κ2) is 11.1. The molecule has 10 nitrogen and oxygen atoms in total. The number of amides is 4. The Morgan fingerprint density at radius 1 is 1.25 bits per heavy atom. The summed E-state index contributed by atoms with van der Waals surface area (Å²) in [6.45, 7) is 3.17. The van der Waals surface area contributed by atoms with Crippen LogP contribution < -0.4 is 16.0 Å². The number of nitrogens with zero attached hydrogens (tertiary/aromatic N) is 3. The van der Waals surface area contributed by atoms with Crippen molar-refractivity contribution in [1.82, 2.24) is 30.4 Å². The number of imidazole rings is 1. The molecule has 2 fully saturated rings. The lowest BCUT2D eigenvalue weighted by Crippen LogP contribution is -2.56. The van der Waals surface area contributed by atoms with Gasteiger partial charge in [-0.15, -0.1) is 0 Å². The Morgan fingerprint density at radius 3 is 2.72 bits per heavy atom. The number of nitrogens with one attached hydrogen (secondary N) is 3. The quantitative estimate of drug-likeness (QED) is 0.437. The van der Waals surface area contributed by atoms with E-state index in [4.69, 9.17) is 0 Å². The van der Waals surface area contributed by atoms with Gasteiger partial charge in [-0.05, 0) is 25.7 Å². The van der Waals surface area contributed by atoms with Crippen LogP contribution in [0.2, 0.25) is 0 Å². The van der Waals surface area contributed by atoms with E-state index >= 15 is 0 Å². The minimum absolute atomic E-state index is 0.141. The van der Waals surface area contributed by atoms with Gasteiger partial charge < -0.3 is 25.4 Å². The number of carbonyl (C=O) groups excluding carboxylic acids is 4. The minimum Gasteiger partial charge on any atom is -0.354 e. The fraction of sp³-hybridized carbons (Fsp3) is 0.682. The van der Waals surface area contributed by atoms with Crippen molar-refractivity contribution in [3.63, 3.8) is 0 Å². The summed E-state index contributed by atoms with van der Waals surface area (Å²) in [6.07, 6.45) is 8.72. The summed E-state index contributed by atoms with van der Waals surface area (Å²) in [5.74, 6) is -0.987. The highest BCUT2D eigenvalue weighted by Gasteiger charge is 2.39. The number of hydrogen-bond donors (Lipinski definition) is 3. The van der Waals surface area contributed by atoms with Crippen molar-refractivity contribution in [2.75, 3.05) is 13.1 Å². The predicted molar refractivity (Wildman–Crippen MR) is 117 cm³/mol. The average Bonchev–Trinajstić information content (AvgIpc) is 3.51. The van der Waals surface area contributed by atoms with Gasteiger partial charge in [0.2, 0.25) is 23.6 Å². The largest absolute Gasteiger partial charge is 0.354 e. The van der Waals surface area contributed by atoms with Crippen LogP contribution >= 0.6 is 0 Å². The fourth-order valence-electron chi connectivity index (χ4n) is 4.27. The van der Waals surface area contributed by atoms with Crippen LogP contribution in [0.3, 0.4) is 0 Å². The lowest BCUT2D eigenvalue weighted by molar-refractivity contribution is -0.141. The van der Waals surface area contributed by atoms with Crippen LogP contribution in [0, 0.1) is 0 Å². The van der Waals surface area contributed by atoms with Crippen molar-refractivity contribution in [1.29, 1.82) is 0 Å². The van der Waals surface area contributed by atoms with Crippen LogP contribution in [-0.2, 0) is 32.6 Å². The molecule has 2 saturated heterocycles. The molecule has 2 aliphatic rings. The van der Waals surface area contributed by atoms with Gasteiger partial charge >= 0.3 is 0 Å². The number of rotatable bonds is 10. The van der Waals surface area contributed by atoms with E-state index in [0.29, 0.717) is 38.0 Å². The molecule has 3 N–H and O–H groups in total. The first-order valence-corrected chi connectivity index (χ1v) is 11.5. The van der Waals surface area contributed by atoms with Gasteiger partial charge in [0, 0.05) is 39.2 Å². The molecule has 10 heteroatoms. The normalized spacial score (nSPS) is 21.3. The highest BCUT2D eigenvalue weighted by Crippen LogP contribution is 2.20. The molecule has 1 aromatic heterocycles. The van der Waals surface area contributed by atoms with E-state index in [1.807, 2.05) is 7.05 Å².